The lowest BCUT2D eigenvalue weighted by Gasteiger charge is -2.14. The van der Waals surface area contributed by atoms with E-state index in [9.17, 15) is 0 Å². The van der Waals surface area contributed by atoms with Crippen LogP contribution in [-0.2, 0) is 13.1 Å². The molecule has 1 aromatic carbocycles. The van der Waals surface area contributed by atoms with Crippen LogP contribution in [0.2, 0.25) is 5.15 Å². The van der Waals surface area contributed by atoms with Gasteiger partial charge in [-0.15, -0.1) is 0 Å². The Morgan fingerprint density at radius 3 is 2.71 bits per heavy atom. The van der Waals surface area contributed by atoms with Crippen LogP contribution in [0.25, 0.3) is 0 Å². The van der Waals surface area contributed by atoms with Crippen molar-refractivity contribution in [1.82, 2.24) is 15.6 Å². The number of guanidine groups is 1. The molecule has 0 aliphatic heterocycles. The molecule has 0 spiro atoms. The minimum absolute atomic E-state index is 0.486. The molecular formula is C18H23ClN4O. The number of pyridine rings is 1. The Kier molecular flexibility index (Phi) is 7.36. The van der Waals surface area contributed by atoms with Crippen molar-refractivity contribution in [3.8, 4) is 5.75 Å². The Morgan fingerprint density at radius 1 is 1.17 bits per heavy atom. The van der Waals surface area contributed by atoms with E-state index in [2.05, 4.69) is 20.6 Å². The van der Waals surface area contributed by atoms with E-state index in [1.165, 1.54) is 0 Å². The average molecular weight is 347 g/mol. The molecule has 0 aliphatic rings. The number of hydrogen-bond donors (Lipinski definition) is 2. The van der Waals surface area contributed by atoms with Gasteiger partial charge in [0.05, 0.1) is 13.2 Å². The average Bonchev–Trinajstić information content (AvgIpc) is 2.60. The molecule has 0 amide bonds. The molecule has 0 saturated heterocycles. The maximum absolute atomic E-state index is 5.80. The summed E-state index contributed by atoms with van der Waals surface area (Å²) in [5.41, 5.74) is 2.10. The van der Waals surface area contributed by atoms with Crippen LogP contribution in [0.4, 0.5) is 0 Å². The summed E-state index contributed by atoms with van der Waals surface area (Å²) < 4.78 is 5.65. The highest BCUT2D eigenvalue weighted by Crippen LogP contribution is 2.17. The first-order valence-corrected chi connectivity index (χ1v) is 8.44. The minimum Gasteiger partial charge on any atom is -0.494 e. The first-order valence-electron chi connectivity index (χ1n) is 8.06. The number of aromatic nitrogens is 1. The number of hydrogen-bond acceptors (Lipinski definition) is 3. The zero-order valence-electron chi connectivity index (χ0n) is 14.1. The summed E-state index contributed by atoms with van der Waals surface area (Å²) in [6.07, 6.45) is 1.74. The zero-order valence-corrected chi connectivity index (χ0v) is 14.8. The van der Waals surface area contributed by atoms with E-state index < -0.39 is 0 Å². The predicted octanol–water partition coefficient (Wildman–Crippen LogP) is 3.39. The number of halogens is 1. The van der Waals surface area contributed by atoms with Crippen molar-refractivity contribution in [2.45, 2.75) is 26.9 Å². The summed E-state index contributed by atoms with van der Waals surface area (Å²) >= 11 is 5.80. The van der Waals surface area contributed by atoms with Crippen LogP contribution in [0.15, 0.2) is 47.6 Å². The summed E-state index contributed by atoms with van der Waals surface area (Å²) in [5, 5.41) is 7.05. The quantitative estimate of drug-likeness (QED) is 0.458. The van der Waals surface area contributed by atoms with E-state index in [-0.39, 0.29) is 0 Å². The standard InChI is InChI=1S/C18H23ClN4O/c1-3-20-18(22-12-14-9-10-17(19)21-11-14)23-13-15-7-5-6-8-16(15)24-4-2/h5-11H,3-4,12-13H2,1-2H3,(H2,20,22,23). The molecule has 0 unspecified atom stereocenters. The van der Waals surface area contributed by atoms with Gasteiger partial charge in [0.25, 0.3) is 0 Å². The molecule has 2 aromatic rings. The van der Waals surface area contributed by atoms with Gasteiger partial charge in [0.1, 0.15) is 10.9 Å². The van der Waals surface area contributed by atoms with E-state index >= 15 is 0 Å². The lowest BCUT2D eigenvalue weighted by molar-refractivity contribution is 0.336. The molecular weight excluding hydrogens is 324 g/mol. The van der Waals surface area contributed by atoms with Gasteiger partial charge in [-0.2, -0.15) is 0 Å². The highest BCUT2D eigenvalue weighted by atomic mass is 35.5. The van der Waals surface area contributed by atoms with Crippen molar-refractivity contribution in [1.29, 1.82) is 0 Å². The van der Waals surface area contributed by atoms with Gasteiger partial charge >= 0.3 is 0 Å². The van der Waals surface area contributed by atoms with Gasteiger partial charge in [-0.1, -0.05) is 35.9 Å². The van der Waals surface area contributed by atoms with Crippen LogP contribution in [0.5, 0.6) is 5.75 Å². The van der Waals surface area contributed by atoms with Crippen LogP contribution >= 0.6 is 11.6 Å². The second-order valence-corrected chi connectivity index (χ2v) is 5.47. The maximum Gasteiger partial charge on any atom is 0.191 e. The zero-order chi connectivity index (χ0) is 17.2. The third kappa shape index (κ3) is 5.74. The third-order valence-corrected chi connectivity index (χ3v) is 3.49. The van der Waals surface area contributed by atoms with Crippen LogP contribution in [0, 0.1) is 0 Å². The van der Waals surface area contributed by atoms with E-state index in [0.29, 0.717) is 24.8 Å². The summed E-state index contributed by atoms with van der Waals surface area (Å²) in [7, 11) is 0. The van der Waals surface area contributed by atoms with Gasteiger partial charge in [0, 0.05) is 24.8 Å². The molecule has 1 heterocycles. The molecule has 2 rings (SSSR count). The fraction of sp³-hybridized carbons (Fsp3) is 0.333. The number of benzene rings is 1. The lowest BCUT2D eigenvalue weighted by atomic mass is 10.2. The van der Waals surface area contributed by atoms with E-state index in [4.69, 9.17) is 16.3 Å². The molecule has 0 atom stereocenters. The van der Waals surface area contributed by atoms with E-state index in [0.717, 1.165) is 29.4 Å². The number of aliphatic imine (C=N–C) groups is 1. The normalized spacial score (nSPS) is 11.2. The number of nitrogens with one attached hydrogen (secondary N) is 2. The SMILES string of the molecule is CCNC(=NCc1ccc(Cl)nc1)NCc1ccccc1OCC. The number of para-hydroxylation sites is 1. The van der Waals surface area contributed by atoms with Gasteiger partial charge in [-0.05, 0) is 31.5 Å². The largest absolute Gasteiger partial charge is 0.494 e. The Bertz CT molecular complexity index is 658. The molecule has 0 saturated carbocycles. The van der Waals surface area contributed by atoms with Crippen molar-refractivity contribution in [3.63, 3.8) is 0 Å². The minimum atomic E-state index is 0.486. The van der Waals surface area contributed by atoms with Crippen molar-refractivity contribution < 1.29 is 4.74 Å². The highest BCUT2D eigenvalue weighted by molar-refractivity contribution is 6.29. The number of ether oxygens (including phenoxy) is 1. The van der Waals surface area contributed by atoms with Crippen LogP contribution < -0.4 is 15.4 Å². The van der Waals surface area contributed by atoms with Crippen molar-refractivity contribution in [3.05, 3.63) is 58.9 Å². The van der Waals surface area contributed by atoms with E-state index in [1.54, 1.807) is 12.3 Å². The van der Waals surface area contributed by atoms with Crippen molar-refractivity contribution >= 4 is 17.6 Å². The van der Waals surface area contributed by atoms with Crippen LogP contribution in [-0.4, -0.2) is 24.1 Å². The second kappa shape index (κ2) is 9.78. The summed E-state index contributed by atoms with van der Waals surface area (Å²) in [6, 6.07) is 11.7. The molecule has 0 bridgehead atoms. The van der Waals surface area contributed by atoms with Gasteiger partial charge in [-0.3, -0.25) is 0 Å². The summed E-state index contributed by atoms with van der Waals surface area (Å²) in [5.74, 6) is 1.64. The van der Waals surface area contributed by atoms with Crippen molar-refractivity contribution in [2.75, 3.05) is 13.2 Å². The van der Waals surface area contributed by atoms with Gasteiger partial charge in [0.15, 0.2) is 5.96 Å². The molecule has 5 nitrogen and oxygen atoms in total. The molecule has 0 aliphatic carbocycles. The molecule has 6 heteroatoms. The third-order valence-electron chi connectivity index (χ3n) is 3.27. The topological polar surface area (TPSA) is 58.5 Å². The first kappa shape index (κ1) is 18.1. The number of nitrogens with zero attached hydrogens (tertiary/aromatic N) is 2. The molecule has 2 N–H and O–H groups in total. The van der Waals surface area contributed by atoms with Gasteiger partial charge < -0.3 is 15.4 Å². The van der Waals surface area contributed by atoms with Crippen LogP contribution in [0.1, 0.15) is 25.0 Å². The molecule has 0 fully saturated rings. The predicted molar refractivity (Wildman–Crippen MR) is 98.5 cm³/mol. The summed E-state index contributed by atoms with van der Waals surface area (Å²) in [4.78, 5) is 8.64. The van der Waals surface area contributed by atoms with E-state index in [1.807, 2.05) is 44.2 Å². The maximum atomic E-state index is 5.80. The smallest absolute Gasteiger partial charge is 0.191 e. The highest BCUT2D eigenvalue weighted by Gasteiger charge is 2.04. The Morgan fingerprint density at radius 2 is 2.00 bits per heavy atom. The lowest BCUT2D eigenvalue weighted by Crippen LogP contribution is -2.36. The second-order valence-electron chi connectivity index (χ2n) is 5.08. The Labute approximate surface area is 148 Å². The molecule has 128 valence electrons. The van der Waals surface area contributed by atoms with Gasteiger partial charge in [0.2, 0.25) is 0 Å². The fourth-order valence-corrected chi connectivity index (χ4v) is 2.25. The number of rotatable bonds is 7. The Hall–Kier alpha value is -2.27. The van der Waals surface area contributed by atoms with Crippen molar-refractivity contribution in [2.24, 2.45) is 4.99 Å². The fourth-order valence-electron chi connectivity index (χ4n) is 2.14. The monoisotopic (exact) mass is 346 g/mol. The molecule has 0 radical (unpaired) electrons. The summed E-state index contributed by atoms with van der Waals surface area (Å²) in [6.45, 7) is 6.63. The first-order chi connectivity index (χ1) is 11.7. The molecule has 1 aromatic heterocycles. The molecule has 24 heavy (non-hydrogen) atoms. The van der Waals surface area contributed by atoms with Crippen LogP contribution in [0.3, 0.4) is 0 Å². The van der Waals surface area contributed by atoms with Gasteiger partial charge in [-0.25, -0.2) is 9.98 Å². The Balaban J connectivity index is 2.00.